The van der Waals surface area contributed by atoms with Crippen LogP contribution in [0.3, 0.4) is 0 Å². The zero-order chi connectivity index (χ0) is 14.4. The van der Waals surface area contributed by atoms with E-state index < -0.39 is 0 Å². The molecule has 1 aliphatic heterocycles. The first-order valence-electron chi connectivity index (χ1n) is 7.45. The van der Waals surface area contributed by atoms with E-state index in [9.17, 15) is 4.79 Å². The number of H-pyrrole nitrogens is 1. The highest BCUT2D eigenvalue weighted by Crippen LogP contribution is 2.27. The summed E-state index contributed by atoms with van der Waals surface area (Å²) < 4.78 is 0. The summed E-state index contributed by atoms with van der Waals surface area (Å²) in [6.45, 7) is 3.18. The number of hydrogen-bond acceptors (Lipinski definition) is 4. The molecule has 1 aliphatic carbocycles. The van der Waals surface area contributed by atoms with Crippen molar-refractivity contribution in [2.75, 3.05) is 0 Å². The van der Waals surface area contributed by atoms with Crippen LogP contribution in [0.2, 0.25) is 0 Å². The Hall–Kier alpha value is -2.24. The van der Waals surface area contributed by atoms with Gasteiger partial charge >= 0.3 is 0 Å². The Balaban J connectivity index is 1.59. The molecule has 0 unspecified atom stereocenters. The predicted molar refractivity (Wildman–Crippen MR) is 75.6 cm³/mol. The molecule has 0 bridgehead atoms. The van der Waals surface area contributed by atoms with Gasteiger partial charge < -0.3 is 4.90 Å². The van der Waals surface area contributed by atoms with E-state index in [-0.39, 0.29) is 5.91 Å². The fourth-order valence-electron chi connectivity index (χ4n) is 3.15. The second-order valence-electron chi connectivity index (χ2n) is 5.66. The van der Waals surface area contributed by atoms with Crippen molar-refractivity contribution < 1.29 is 4.79 Å². The predicted octanol–water partition coefficient (Wildman–Crippen LogP) is 1.41. The van der Waals surface area contributed by atoms with Gasteiger partial charge in [0.25, 0.3) is 5.91 Å². The second-order valence-corrected chi connectivity index (χ2v) is 5.66. The molecule has 0 fully saturated rings. The number of carbonyl (C=O) groups is 1. The Morgan fingerprint density at radius 3 is 3.14 bits per heavy atom. The summed E-state index contributed by atoms with van der Waals surface area (Å²) in [6, 6.07) is 0. The molecule has 4 rings (SSSR count). The van der Waals surface area contributed by atoms with Crippen LogP contribution in [0.4, 0.5) is 0 Å². The van der Waals surface area contributed by atoms with Crippen molar-refractivity contribution >= 4 is 5.91 Å². The molecule has 0 saturated heterocycles. The third-order valence-corrected chi connectivity index (χ3v) is 4.32. The number of aryl methyl sites for hydroxylation is 2. The first kappa shape index (κ1) is 12.5. The average molecular weight is 283 g/mol. The van der Waals surface area contributed by atoms with Crippen LogP contribution >= 0.6 is 0 Å². The molecule has 2 aliphatic rings. The third kappa shape index (κ3) is 1.93. The zero-order valence-corrected chi connectivity index (χ0v) is 12.0. The Morgan fingerprint density at radius 1 is 1.38 bits per heavy atom. The maximum Gasteiger partial charge on any atom is 0.275 e. The topological polar surface area (TPSA) is 74.8 Å². The van der Waals surface area contributed by atoms with Gasteiger partial charge in [-0.25, -0.2) is 9.97 Å². The van der Waals surface area contributed by atoms with Crippen LogP contribution in [0.5, 0.6) is 0 Å². The lowest BCUT2D eigenvalue weighted by Gasteiger charge is -2.13. The molecule has 6 nitrogen and oxygen atoms in total. The molecular weight excluding hydrogens is 266 g/mol. The molecular formula is C15H17N5O. The van der Waals surface area contributed by atoms with Crippen LogP contribution in [-0.4, -0.2) is 31.0 Å². The number of amides is 1. The molecule has 3 heterocycles. The lowest BCUT2D eigenvalue weighted by molar-refractivity contribution is 0.0743. The molecule has 2 aromatic heterocycles. The Morgan fingerprint density at radius 2 is 2.29 bits per heavy atom. The van der Waals surface area contributed by atoms with Crippen molar-refractivity contribution in [1.82, 2.24) is 25.1 Å². The lowest BCUT2D eigenvalue weighted by atomic mass is 10.2. The highest BCUT2D eigenvalue weighted by molar-refractivity contribution is 5.94. The fraction of sp³-hybridized carbons (Fsp3) is 0.467. The first-order valence-corrected chi connectivity index (χ1v) is 7.45. The van der Waals surface area contributed by atoms with Crippen LogP contribution in [-0.2, 0) is 32.4 Å². The van der Waals surface area contributed by atoms with Gasteiger partial charge in [-0.1, -0.05) is 6.92 Å². The first-order chi connectivity index (χ1) is 10.3. The number of carbonyl (C=O) groups excluding carboxylic acids is 1. The van der Waals surface area contributed by atoms with Crippen LogP contribution in [0.15, 0.2) is 6.20 Å². The highest BCUT2D eigenvalue weighted by atomic mass is 16.2. The van der Waals surface area contributed by atoms with Gasteiger partial charge in [0.05, 0.1) is 12.2 Å². The van der Waals surface area contributed by atoms with Gasteiger partial charge in [0.1, 0.15) is 5.82 Å². The number of nitrogens with one attached hydrogen (secondary N) is 1. The lowest BCUT2D eigenvalue weighted by Crippen LogP contribution is -2.26. The van der Waals surface area contributed by atoms with Crippen molar-refractivity contribution in [3.63, 3.8) is 0 Å². The van der Waals surface area contributed by atoms with Gasteiger partial charge in [0.2, 0.25) is 0 Å². The van der Waals surface area contributed by atoms with Crippen LogP contribution in [0.1, 0.15) is 52.2 Å². The van der Waals surface area contributed by atoms with Gasteiger partial charge in [0, 0.05) is 36.0 Å². The van der Waals surface area contributed by atoms with E-state index in [1.807, 2.05) is 18.0 Å². The number of nitrogens with zero attached hydrogens (tertiary/aromatic N) is 4. The van der Waals surface area contributed by atoms with Crippen molar-refractivity contribution in [2.45, 2.75) is 45.7 Å². The fourth-order valence-corrected chi connectivity index (χ4v) is 3.15. The van der Waals surface area contributed by atoms with E-state index >= 15 is 0 Å². The molecule has 0 saturated carbocycles. The number of aromatic nitrogens is 4. The smallest absolute Gasteiger partial charge is 0.275 e. The van der Waals surface area contributed by atoms with Crippen LogP contribution in [0, 0.1) is 0 Å². The zero-order valence-electron chi connectivity index (χ0n) is 12.0. The molecule has 21 heavy (non-hydrogen) atoms. The Kier molecular flexibility index (Phi) is 2.77. The minimum absolute atomic E-state index is 0.00504. The SMILES string of the molecule is CCc1ncc2c(n1)CN(C(=O)c1n[nH]c3c1CCC3)C2. The Bertz CT molecular complexity index is 721. The summed E-state index contributed by atoms with van der Waals surface area (Å²) in [4.78, 5) is 23.3. The van der Waals surface area contributed by atoms with E-state index in [0.717, 1.165) is 54.0 Å². The van der Waals surface area contributed by atoms with Gasteiger partial charge in [-0.2, -0.15) is 5.10 Å². The highest BCUT2D eigenvalue weighted by Gasteiger charge is 2.30. The van der Waals surface area contributed by atoms with E-state index in [1.54, 1.807) is 0 Å². The number of aromatic amines is 1. The van der Waals surface area contributed by atoms with Gasteiger partial charge in [-0.15, -0.1) is 0 Å². The molecule has 0 radical (unpaired) electrons. The molecule has 108 valence electrons. The number of hydrogen-bond donors (Lipinski definition) is 1. The van der Waals surface area contributed by atoms with Gasteiger partial charge in [-0.3, -0.25) is 9.89 Å². The quantitative estimate of drug-likeness (QED) is 0.904. The third-order valence-electron chi connectivity index (χ3n) is 4.32. The van der Waals surface area contributed by atoms with E-state index in [4.69, 9.17) is 0 Å². The Labute approximate surface area is 122 Å². The summed E-state index contributed by atoms with van der Waals surface area (Å²) in [5.41, 5.74) is 4.86. The molecule has 0 atom stereocenters. The largest absolute Gasteiger partial charge is 0.327 e. The van der Waals surface area contributed by atoms with E-state index in [0.29, 0.717) is 18.8 Å². The summed E-state index contributed by atoms with van der Waals surface area (Å²) in [5.74, 6) is 0.842. The minimum Gasteiger partial charge on any atom is -0.327 e. The summed E-state index contributed by atoms with van der Waals surface area (Å²) in [6.07, 6.45) is 5.72. The molecule has 1 amide bonds. The minimum atomic E-state index is 0.00504. The van der Waals surface area contributed by atoms with Crippen LogP contribution in [0.25, 0.3) is 0 Å². The monoisotopic (exact) mass is 283 g/mol. The van der Waals surface area contributed by atoms with E-state index in [2.05, 4.69) is 20.2 Å². The molecule has 2 aromatic rings. The average Bonchev–Trinajstić information content (AvgIpc) is 3.19. The van der Waals surface area contributed by atoms with Crippen molar-refractivity contribution in [3.8, 4) is 0 Å². The van der Waals surface area contributed by atoms with Gasteiger partial charge in [0.15, 0.2) is 5.69 Å². The molecule has 0 spiro atoms. The molecule has 0 aromatic carbocycles. The van der Waals surface area contributed by atoms with Crippen LogP contribution < -0.4 is 0 Å². The standard InChI is InChI=1S/C15H17N5O/c1-2-13-16-6-9-7-20(8-12(9)17-13)15(21)14-10-4-3-5-11(10)18-19-14/h6H,2-5,7-8H2,1H3,(H,18,19). The second kappa shape index (κ2) is 4.65. The molecule has 6 heteroatoms. The van der Waals surface area contributed by atoms with Gasteiger partial charge in [-0.05, 0) is 19.3 Å². The van der Waals surface area contributed by atoms with Crippen molar-refractivity contribution in [1.29, 1.82) is 0 Å². The molecule has 1 N–H and O–H groups in total. The van der Waals surface area contributed by atoms with Crippen molar-refractivity contribution in [3.05, 3.63) is 40.2 Å². The number of fused-ring (bicyclic) bond motifs is 2. The maximum atomic E-state index is 12.7. The van der Waals surface area contributed by atoms with E-state index in [1.165, 1.54) is 0 Å². The normalized spacial score (nSPS) is 16.1. The number of rotatable bonds is 2. The van der Waals surface area contributed by atoms with Crippen molar-refractivity contribution in [2.24, 2.45) is 0 Å². The summed E-state index contributed by atoms with van der Waals surface area (Å²) in [5, 5.41) is 7.23. The maximum absolute atomic E-state index is 12.7. The summed E-state index contributed by atoms with van der Waals surface area (Å²) in [7, 11) is 0. The summed E-state index contributed by atoms with van der Waals surface area (Å²) >= 11 is 0.